The van der Waals surface area contributed by atoms with Crippen molar-refractivity contribution in [3.8, 4) is 0 Å². The topological polar surface area (TPSA) is 30.0 Å². The minimum atomic E-state index is -0.0434. The summed E-state index contributed by atoms with van der Waals surface area (Å²) < 4.78 is 0.731. The molecule has 1 heterocycles. The number of carbonyl (C=O) groups excluding carboxylic acids is 1. The van der Waals surface area contributed by atoms with Crippen LogP contribution in [0.4, 0.5) is 0 Å². The van der Waals surface area contributed by atoms with E-state index in [2.05, 4.69) is 40.8 Å². The molecule has 0 spiro atoms. The molecule has 0 saturated heterocycles. The van der Waals surface area contributed by atoms with Gasteiger partial charge in [-0.1, -0.05) is 32.0 Å². The van der Waals surface area contributed by atoms with E-state index in [1.165, 1.54) is 5.56 Å². The molecule has 0 atom stereocenters. The zero-order valence-electron chi connectivity index (χ0n) is 11.1. The number of halogens is 1. The summed E-state index contributed by atoms with van der Waals surface area (Å²) >= 11 is 3.37. The lowest BCUT2D eigenvalue weighted by atomic mass is 9.99. The Morgan fingerprint density at radius 1 is 1.26 bits per heavy atom. The van der Waals surface area contributed by atoms with Crippen LogP contribution in [0.15, 0.2) is 47.1 Å². The van der Waals surface area contributed by atoms with Gasteiger partial charge in [-0.15, -0.1) is 0 Å². The number of benzene rings is 1. The fourth-order valence-electron chi connectivity index (χ4n) is 2.00. The monoisotopic (exact) mass is 317 g/mol. The Morgan fingerprint density at radius 2 is 2.05 bits per heavy atom. The van der Waals surface area contributed by atoms with Gasteiger partial charge >= 0.3 is 0 Å². The van der Waals surface area contributed by atoms with Gasteiger partial charge in [0.25, 0.3) is 0 Å². The SMILES string of the molecule is CC(C)Cc1cccc(C(=O)c2ncccc2Br)c1. The number of aromatic nitrogens is 1. The summed E-state index contributed by atoms with van der Waals surface area (Å²) in [5.74, 6) is 0.532. The van der Waals surface area contributed by atoms with Crippen molar-refractivity contribution in [2.24, 2.45) is 5.92 Å². The van der Waals surface area contributed by atoms with Crippen molar-refractivity contribution in [2.75, 3.05) is 0 Å². The summed E-state index contributed by atoms with van der Waals surface area (Å²) in [5, 5.41) is 0. The molecule has 0 bridgehead atoms. The number of hydrogen-bond donors (Lipinski definition) is 0. The molecule has 0 aliphatic rings. The van der Waals surface area contributed by atoms with Gasteiger partial charge in [0.2, 0.25) is 5.78 Å². The van der Waals surface area contributed by atoms with Crippen molar-refractivity contribution in [1.29, 1.82) is 0 Å². The standard InChI is InChI=1S/C16H16BrNO/c1-11(2)9-12-5-3-6-13(10-12)16(19)15-14(17)7-4-8-18-15/h3-8,10-11H,9H2,1-2H3. The Labute approximate surface area is 122 Å². The summed E-state index contributed by atoms with van der Waals surface area (Å²) in [6, 6.07) is 11.4. The molecule has 0 aliphatic heterocycles. The number of carbonyl (C=O) groups is 1. The van der Waals surface area contributed by atoms with Gasteiger partial charge in [-0.05, 0) is 52.0 Å². The molecule has 2 rings (SSSR count). The molecule has 2 aromatic rings. The van der Waals surface area contributed by atoms with Crippen molar-refractivity contribution >= 4 is 21.7 Å². The maximum absolute atomic E-state index is 12.4. The van der Waals surface area contributed by atoms with Crippen LogP contribution in [0.25, 0.3) is 0 Å². The number of ketones is 1. The predicted octanol–water partition coefficient (Wildman–Crippen LogP) is 4.27. The molecule has 0 radical (unpaired) electrons. The summed E-state index contributed by atoms with van der Waals surface area (Å²) in [4.78, 5) is 16.6. The van der Waals surface area contributed by atoms with E-state index in [1.54, 1.807) is 12.3 Å². The first kappa shape index (κ1) is 13.9. The van der Waals surface area contributed by atoms with Gasteiger partial charge in [0.15, 0.2) is 0 Å². The highest BCUT2D eigenvalue weighted by Gasteiger charge is 2.14. The highest BCUT2D eigenvalue weighted by molar-refractivity contribution is 9.10. The van der Waals surface area contributed by atoms with E-state index in [4.69, 9.17) is 0 Å². The van der Waals surface area contributed by atoms with Crippen LogP contribution in [-0.4, -0.2) is 10.8 Å². The van der Waals surface area contributed by atoms with Gasteiger partial charge in [0.05, 0.1) is 0 Å². The zero-order valence-corrected chi connectivity index (χ0v) is 12.6. The molecule has 0 amide bonds. The third-order valence-corrected chi connectivity index (χ3v) is 3.45. The van der Waals surface area contributed by atoms with Crippen molar-refractivity contribution in [3.05, 3.63) is 63.9 Å². The maximum atomic E-state index is 12.4. The van der Waals surface area contributed by atoms with Crippen molar-refractivity contribution in [3.63, 3.8) is 0 Å². The third kappa shape index (κ3) is 3.51. The average molecular weight is 318 g/mol. The molecule has 0 aliphatic carbocycles. The van der Waals surface area contributed by atoms with E-state index >= 15 is 0 Å². The van der Waals surface area contributed by atoms with Crippen molar-refractivity contribution in [1.82, 2.24) is 4.98 Å². The summed E-state index contributed by atoms with van der Waals surface area (Å²) in [6.45, 7) is 4.34. The fourth-order valence-corrected chi connectivity index (χ4v) is 2.44. The van der Waals surface area contributed by atoms with E-state index in [0.717, 1.165) is 10.9 Å². The highest BCUT2D eigenvalue weighted by Crippen LogP contribution is 2.19. The summed E-state index contributed by atoms with van der Waals surface area (Å²) in [6.07, 6.45) is 2.61. The largest absolute Gasteiger partial charge is 0.287 e. The number of nitrogens with zero attached hydrogens (tertiary/aromatic N) is 1. The van der Waals surface area contributed by atoms with Crippen LogP contribution >= 0.6 is 15.9 Å². The predicted molar refractivity (Wildman–Crippen MR) is 80.4 cm³/mol. The molecule has 0 N–H and O–H groups in total. The molecule has 0 saturated carbocycles. The Hall–Kier alpha value is -1.48. The molecule has 1 aromatic carbocycles. The van der Waals surface area contributed by atoms with Gasteiger partial charge in [0, 0.05) is 16.2 Å². The second kappa shape index (κ2) is 6.11. The van der Waals surface area contributed by atoms with Crippen LogP contribution in [-0.2, 0) is 6.42 Å². The van der Waals surface area contributed by atoms with Crippen molar-refractivity contribution < 1.29 is 4.79 Å². The van der Waals surface area contributed by atoms with E-state index < -0.39 is 0 Å². The Bertz CT molecular complexity index is 593. The molecule has 2 nitrogen and oxygen atoms in total. The van der Waals surface area contributed by atoms with Gasteiger partial charge < -0.3 is 0 Å². The number of rotatable bonds is 4. The van der Waals surface area contributed by atoms with Crippen LogP contribution in [0.2, 0.25) is 0 Å². The molecule has 0 unspecified atom stereocenters. The quantitative estimate of drug-likeness (QED) is 0.788. The van der Waals surface area contributed by atoms with Crippen molar-refractivity contribution in [2.45, 2.75) is 20.3 Å². The minimum absolute atomic E-state index is 0.0434. The molecule has 1 aromatic heterocycles. The van der Waals surface area contributed by atoms with Crippen LogP contribution in [0, 0.1) is 5.92 Å². The first-order chi connectivity index (χ1) is 9.08. The fraction of sp³-hybridized carbons (Fsp3) is 0.250. The molecule has 0 fully saturated rings. The van der Waals surface area contributed by atoms with E-state index in [9.17, 15) is 4.79 Å². The zero-order chi connectivity index (χ0) is 13.8. The normalized spacial score (nSPS) is 10.7. The summed E-state index contributed by atoms with van der Waals surface area (Å²) in [5.41, 5.74) is 2.34. The van der Waals surface area contributed by atoms with Crippen LogP contribution in [0.1, 0.15) is 35.5 Å². The number of pyridine rings is 1. The Kier molecular flexibility index (Phi) is 4.48. The third-order valence-electron chi connectivity index (χ3n) is 2.81. The number of hydrogen-bond acceptors (Lipinski definition) is 2. The minimum Gasteiger partial charge on any atom is -0.287 e. The molecule has 19 heavy (non-hydrogen) atoms. The lowest BCUT2D eigenvalue weighted by Crippen LogP contribution is -2.06. The molecular weight excluding hydrogens is 302 g/mol. The van der Waals surface area contributed by atoms with Gasteiger partial charge in [-0.25, -0.2) is 0 Å². The first-order valence-electron chi connectivity index (χ1n) is 6.32. The smallest absolute Gasteiger partial charge is 0.212 e. The van der Waals surface area contributed by atoms with E-state index in [1.807, 2.05) is 24.3 Å². The Balaban J connectivity index is 2.32. The maximum Gasteiger partial charge on any atom is 0.212 e. The van der Waals surface area contributed by atoms with Crippen LogP contribution < -0.4 is 0 Å². The lowest BCUT2D eigenvalue weighted by molar-refractivity contribution is 0.103. The van der Waals surface area contributed by atoms with Gasteiger partial charge in [-0.3, -0.25) is 9.78 Å². The highest BCUT2D eigenvalue weighted by atomic mass is 79.9. The first-order valence-corrected chi connectivity index (χ1v) is 7.11. The van der Waals surface area contributed by atoms with Crippen LogP contribution in [0.5, 0.6) is 0 Å². The summed E-state index contributed by atoms with van der Waals surface area (Å²) in [7, 11) is 0. The lowest BCUT2D eigenvalue weighted by Gasteiger charge is -2.07. The molecular formula is C16H16BrNO. The Morgan fingerprint density at radius 3 is 2.74 bits per heavy atom. The van der Waals surface area contributed by atoms with E-state index in [0.29, 0.717) is 17.2 Å². The molecule has 98 valence electrons. The molecule has 3 heteroatoms. The second-order valence-electron chi connectivity index (χ2n) is 4.96. The van der Waals surface area contributed by atoms with Gasteiger partial charge in [0.1, 0.15) is 5.69 Å². The van der Waals surface area contributed by atoms with Gasteiger partial charge in [-0.2, -0.15) is 0 Å². The van der Waals surface area contributed by atoms with Crippen LogP contribution in [0.3, 0.4) is 0 Å². The second-order valence-corrected chi connectivity index (χ2v) is 5.82. The average Bonchev–Trinajstić information content (AvgIpc) is 2.38. The van der Waals surface area contributed by atoms with E-state index in [-0.39, 0.29) is 5.78 Å².